The molecule has 2 spiro atoms. The highest BCUT2D eigenvalue weighted by molar-refractivity contribution is 7.89. The number of hydrogen-bond acceptors (Lipinski definition) is 6. The van der Waals surface area contributed by atoms with Gasteiger partial charge in [-0.25, -0.2) is 13.2 Å². The van der Waals surface area contributed by atoms with E-state index in [-0.39, 0.29) is 42.4 Å². The maximum absolute atomic E-state index is 14.0. The number of benzene rings is 2. The Bertz CT molecular complexity index is 1640. The first kappa shape index (κ1) is 29.8. The molecule has 5 heterocycles. The Kier molecular flexibility index (Phi) is 7.15. The minimum atomic E-state index is -4.03. The minimum absolute atomic E-state index is 0.0329. The molecule has 0 aliphatic carbocycles. The number of piperazine rings is 1. The molecule has 1 unspecified atom stereocenters. The quantitative estimate of drug-likeness (QED) is 0.508. The van der Waals surface area contributed by atoms with Crippen molar-refractivity contribution in [1.29, 1.82) is 0 Å². The van der Waals surface area contributed by atoms with Crippen LogP contribution < -0.4 is 0 Å². The summed E-state index contributed by atoms with van der Waals surface area (Å²) < 4.78 is 29.3. The number of likely N-dealkylation sites (N-methyl/N-ethyl adjacent to an activating group) is 1. The Labute approximate surface area is 263 Å². The smallest absolute Gasteiger partial charge is 0.322 e. The van der Waals surface area contributed by atoms with Gasteiger partial charge < -0.3 is 19.6 Å². The standard InChI is InChI=1S/C31H39ClN6O5S/c1-3-27(39)35-12-8-25(9-13-35)34-14-10-30(11-15-34)19-37-28(40)18-36(21-31(37)20-33(2)29(41)38(30)31)44(42,43)26-7-5-22-16-24(32)6-4-23(22)17-26/h4-7,16-17,25H,3,8-15,18-21H2,1-2H3. The summed E-state index contributed by atoms with van der Waals surface area (Å²) in [6, 6.07) is 10.4. The number of halogens is 1. The maximum atomic E-state index is 14.0. The molecule has 5 saturated heterocycles. The van der Waals surface area contributed by atoms with Crippen LogP contribution in [0.5, 0.6) is 0 Å². The summed E-state index contributed by atoms with van der Waals surface area (Å²) in [6.07, 6.45) is 3.83. The lowest BCUT2D eigenvalue weighted by Crippen LogP contribution is -2.68. The van der Waals surface area contributed by atoms with Crippen LogP contribution in [-0.4, -0.2) is 132 Å². The summed E-state index contributed by atoms with van der Waals surface area (Å²) in [5.41, 5.74) is -1.60. The largest absolute Gasteiger partial charge is 0.343 e. The van der Waals surface area contributed by atoms with Crippen molar-refractivity contribution < 1.29 is 22.8 Å². The number of fused-ring (bicyclic) bond motifs is 2. The highest BCUT2D eigenvalue weighted by atomic mass is 35.5. The van der Waals surface area contributed by atoms with Gasteiger partial charge in [0.15, 0.2) is 5.66 Å². The summed E-state index contributed by atoms with van der Waals surface area (Å²) in [5.74, 6) is -0.0651. The second-order valence-corrected chi connectivity index (χ2v) is 15.5. The first-order chi connectivity index (χ1) is 21.0. The van der Waals surface area contributed by atoms with Gasteiger partial charge in [0, 0.05) is 57.3 Å². The van der Waals surface area contributed by atoms with Crippen LogP contribution in [0.4, 0.5) is 4.79 Å². The molecule has 0 radical (unpaired) electrons. The average molecular weight is 643 g/mol. The molecular formula is C31H39ClN6O5S. The lowest BCUT2D eigenvalue weighted by Gasteiger charge is -2.49. The van der Waals surface area contributed by atoms with E-state index in [1.165, 1.54) is 4.31 Å². The Morgan fingerprint density at radius 3 is 2.34 bits per heavy atom. The summed E-state index contributed by atoms with van der Waals surface area (Å²) in [4.78, 5) is 49.6. The van der Waals surface area contributed by atoms with E-state index in [9.17, 15) is 22.8 Å². The first-order valence-electron chi connectivity index (χ1n) is 15.5. The van der Waals surface area contributed by atoms with Crippen molar-refractivity contribution in [3.8, 4) is 0 Å². The molecule has 13 heteroatoms. The first-order valence-corrected chi connectivity index (χ1v) is 17.4. The predicted octanol–water partition coefficient (Wildman–Crippen LogP) is 2.64. The van der Waals surface area contributed by atoms with Gasteiger partial charge in [0.1, 0.15) is 0 Å². The molecule has 0 aromatic heterocycles. The van der Waals surface area contributed by atoms with Gasteiger partial charge in [-0.3, -0.25) is 14.5 Å². The van der Waals surface area contributed by atoms with Gasteiger partial charge in [0.25, 0.3) is 0 Å². The number of carbonyl (C=O) groups is 3. The summed E-state index contributed by atoms with van der Waals surface area (Å²) in [6.45, 7) is 5.49. The molecule has 1 atom stereocenters. The molecular weight excluding hydrogens is 604 g/mol. The summed E-state index contributed by atoms with van der Waals surface area (Å²) in [7, 11) is -2.30. The molecule has 0 saturated carbocycles. The fourth-order valence-electron chi connectivity index (χ4n) is 8.40. The van der Waals surface area contributed by atoms with Crippen molar-refractivity contribution in [2.24, 2.45) is 0 Å². The molecule has 5 aliphatic heterocycles. The number of nitrogens with zero attached hydrogens (tertiary/aromatic N) is 6. The second kappa shape index (κ2) is 10.6. The van der Waals surface area contributed by atoms with Crippen molar-refractivity contribution in [3.63, 3.8) is 0 Å². The Morgan fingerprint density at radius 1 is 0.955 bits per heavy atom. The molecule has 0 bridgehead atoms. The van der Waals surface area contributed by atoms with E-state index < -0.39 is 21.2 Å². The van der Waals surface area contributed by atoms with Crippen LogP contribution in [0.15, 0.2) is 41.3 Å². The molecule has 4 amide bonds. The van der Waals surface area contributed by atoms with Crippen LogP contribution in [0.25, 0.3) is 10.8 Å². The SMILES string of the molecule is CCC(=O)N1CCC(N2CCC3(CC2)CN2C(=O)CN(S(=O)(=O)c4ccc5cc(Cl)ccc5c4)CC24CN(C)C(=O)N34)CC1. The fraction of sp³-hybridized carbons (Fsp3) is 0.581. The lowest BCUT2D eigenvalue weighted by atomic mass is 9.85. The van der Waals surface area contributed by atoms with Crippen LogP contribution in [-0.2, 0) is 19.6 Å². The third-order valence-electron chi connectivity index (χ3n) is 10.7. The fourth-order valence-corrected chi connectivity index (χ4v) is 10.0. The van der Waals surface area contributed by atoms with Crippen LogP contribution in [0.1, 0.15) is 39.0 Å². The molecule has 0 N–H and O–H groups in total. The summed E-state index contributed by atoms with van der Waals surface area (Å²) in [5, 5.41) is 2.14. The van der Waals surface area contributed by atoms with Crippen molar-refractivity contribution >= 4 is 50.2 Å². The molecule has 44 heavy (non-hydrogen) atoms. The van der Waals surface area contributed by atoms with Crippen LogP contribution in [0.2, 0.25) is 5.02 Å². The number of urea groups is 1. The Hall–Kier alpha value is -2.93. The molecule has 236 valence electrons. The molecule has 5 aliphatic rings. The lowest BCUT2D eigenvalue weighted by molar-refractivity contribution is -0.143. The van der Waals surface area contributed by atoms with Crippen molar-refractivity contribution in [3.05, 3.63) is 41.4 Å². The number of sulfonamides is 1. The van der Waals surface area contributed by atoms with Crippen molar-refractivity contribution in [2.75, 3.05) is 59.4 Å². The number of rotatable bonds is 4. The molecule has 11 nitrogen and oxygen atoms in total. The second-order valence-electron chi connectivity index (χ2n) is 13.1. The predicted molar refractivity (Wildman–Crippen MR) is 165 cm³/mol. The number of likely N-dealkylation sites (tertiary alicyclic amines) is 2. The van der Waals surface area contributed by atoms with Gasteiger partial charge in [-0.05, 0) is 60.7 Å². The van der Waals surface area contributed by atoms with Crippen LogP contribution in [0.3, 0.4) is 0 Å². The third-order valence-corrected chi connectivity index (χ3v) is 12.7. The highest BCUT2D eigenvalue weighted by Gasteiger charge is 2.69. The number of amides is 4. The Balaban J connectivity index is 1.13. The molecule has 2 aromatic carbocycles. The van der Waals surface area contributed by atoms with Gasteiger partial charge >= 0.3 is 6.03 Å². The van der Waals surface area contributed by atoms with Gasteiger partial charge in [-0.1, -0.05) is 30.7 Å². The van der Waals surface area contributed by atoms with E-state index in [1.54, 1.807) is 53.2 Å². The average Bonchev–Trinajstić information content (AvgIpc) is 3.44. The van der Waals surface area contributed by atoms with Gasteiger partial charge in [0.2, 0.25) is 21.8 Å². The minimum Gasteiger partial charge on any atom is -0.343 e. The van der Waals surface area contributed by atoms with Crippen molar-refractivity contribution in [1.82, 2.24) is 28.8 Å². The molecule has 2 aromatic rings. The van der Waals surface area contributed by atoms with Crippen LogP contribution >= 0.6 is 11.6 Å². The maximum Gasteiger partial charge on any atom is 0.322 e. The van der Waals surface area contributed by atoms with E-state index in [0.717, 1.165) is 49.8 Å². The number of piperidine rings is 2. The molecule has 7 rings (SSSR count). The zero-order valence-electron chi connectivity index (χ0n) is 25.2. The van der Waals surface area contributed by atoms with Crippen molar-refractivity contribution in [2.45, 2.75) is 61.2 Å². The number of carbonyl (C=O) groups excluding carboxylic acids is 3. The highest BCUT2D eigenvalue weighted by Crippen LogP contribution is 2.50. The van der Waals surface area contributed by atoms with Gasteiger partial charge in [-0.15, -0.1) is 0 Å². The van der Waals surface area contributed by atoms with Crippen LogP contribution in [0, 0.1) is 0 Å². The Morgan fingerprint density at radius 2 is 1.64 bits per heavy atom. The van der Waals surface area contributed by atoms with E-state index in [4.69, 9.17) is 11.6 Å². The van der Waals surface area contributed by atoms with Gasteiger partial charge in [0.05, 0.1) is 30.1 Å². The van der Waals surface area contributed by atoms with E-state index in [1.807, 2.05) is 16.7 Å². The van der Waals surface area contributed by atoms with E-state index in [2.05, 4.69) is 4.90 Å². The zero-order chi connectivity index (χ0) is 31.0. The zero-order valence-corrected chi connectivity index (χ0v) is 26.8. The monoisotopic (exact) mass is 642 g/mol. The topological polar surface area (TPSA) is 105 Å². The van der Waals surface area contributed by atoms with E-state index >= 15 is 0 Å². The number of hydrogen-bond donors (Lipinski definition) is 0. The van der Waals surface area contributed by atoms with E-state index in [0.29, 0.717) is 36.9 Å². The third kappa shape index (κ3) is 4.51. The summed E-state index contributed by atoms with van der Waals surface area (Å²) >= 11 is 6.12. The molecule has 5 fully saturated rings. The van der Waals surface area contributed by atoms with Gasteiger partial charge in [-0.2, -0.15) is 4.31 Å². The normalized spacial score (nSPS) is 26.6.